The molecule has 0 aliphatic heterocycles. The van der Waals surface area contributed by atoms with Gasteiger partial charge in [0.1, 0.15) is 5.75 Å². The minimum atomic E-state index is -0.0525. The first-order chi connectivity index (χ1) is 7.09. The number of hydrogen-bond acceptors (Lipinski definition) is 3. The van der Waals surface area contributed by atoms with Gasteiger partial charge in [-0.05, 0) is 20.2 Å². The minimum Gasteiger partial charge on any atom is -0.508 e. The predicted molar refractivity (Wildman–Crippen MR) is 58.5 cm³/mol. The van der Waals surface area contributed by atoms with Crippen molar-refractivity contribution in [3.05, 3.63) is 29.8 Å². The number of carbonyl (C=O) groups excluding carboxylic acids is 1. The van der Waals surface area contributed by atoms with Crippen LogP contribution in [0.15, 0.2) is 24.3 Å². The Morgan fingerprint density at radius 1 is 1.40 bits per heavy atom. The summed E-state index contributed by atoms with van der Waals surface area (Å²) in [5.41, 5.74) is 0.726. The second-order valence-electron chi connectivity index (χ2n) is 3.64. The molecule has 0 unspecified atom stereocenters. The average Bonchev–Trinajstić information content (AvgIpc) is 2.15. The van der Waals surface area contributed by atoms with E-state index in [1.54, 1.807) is 23.1 Å². The molecule has 1 aromatic rings. The molecular weight excluding hydrogens is 192 g/mol. The average molecular weight is 208 g/mol. The first kappa shape index (κ1) is 11.5. The summed E-state index contributed by atoms with van der Waals surface area (Å²) in [6.07, 6.45) is 0. The van der Waals surface area contributed by atoms with Gasteiger partial charge in [-0.15, -0.1) is 0 Å². The molecule has 4 heteroatoms. The van der Waals surface area contributed by atoms with Crippen LogP contribution in [0.25, 0.3) is 0 Å². The zero-order valence-electron chi connectivity index (χ0n) is 9.03. The Balaban J connectivity index is 2.44. The molecule has 0 spiro atoms. The smallest absolute Gasteiger partial charge is 0.234 e. The second-order valence-corrected chi connectivity index (χ2v) is 3.64. The zero-order chi connectivity index (χ0) is 11.3. The second kappa shape index (κ2) is 5.36. The Labute approximate surface area is 89.5 Å². The molecule has 0 aliphatic rings. The third kappa shape index (κ3) is 3.99. The number of nitrogens with one attached hydrogen (secondary N) is 1. The molecule has 0 saturated carbocycles. The number of rotatable bonds is 4. The molecule has 0 saturated heterocycles. The van der Waals surface area contributed by atoms with Crippen molar-refractivity contribution in [2.45, 2.75) is 6.54 Å². The van der Waals surface area contributed by atoms with Crippen molar-refractivity contribution in [2.75, 3.05) is 20.6 Å². The maximum Gasteiger partial charge on any atom is 0.234 e. The quantitative estimate of drug-likeness (QED) is 0.760. The first-order valence-corrected chi connectivity index (χ1v) is 4.78. The van der Waals surface area contributed by atoms with E-state index in [-0.39, 0.29) is 11.7 Å². The fourth-order valence-corrected chi connectivity index (χ4v) is 1.20. The van der Waals surface area contributed by atoms with E-state index < -0.39 is 0 Å². The molecule has 0 bridgehead atoms. The van der Waals surface area contributed by atoms with E-state index in [0.717, 1.165) is 5.56 Å². The van der Waals surface area contributed by atoms with Crippen molar-refractivity contribution >= 4 is 5.91 Å². The summed E-state index contributed by atoms with van der Waals surface area (Å²) in [4.78, 5) is 13.1. The van der Waals surface area contributed by atoms with Crippen LogP contribution >= 0.6 is 0 Å². The van der Waals surface area contributed by atoms with Gasteiger partial charge in [0.25, 0.3) is 0 Å². The summed E-state index contributed by atoms with van der Waals surface area (Å²) in [5, 5.41) is 12.2. The van der Waals surface area contributed by atoms with Crippen LogP contribution in [0.5, 0.6) is 5.75 Å². The number of aromatic hydroxyl groups is 1. The first-order valence-electron chi connectivity index (χ1n) is 4.78. The number of nitrogens with zero attached hydrogens (tertiary/aromatic N) is 1. The topological polar surface area (TPSA) is 52.6 Å². The predicted octanol–water partition coefficient (Wildman–Crippen LogP) is 0.570. The van der Waals surface area contributed by atoms with E-state index in [2.05, 4.69) is 5.32 Å². The molecule has 2 N–H and O–H groups in total. The van der Waals surface area contributed by atoms with Gasteiger partial charge in [0.05, 0.1) is 6.54 Å². The van der Waals surface area contributed by atoms with E-state index in [9.17, 15) is 9.90 Å². The lowest BCUT2D eigenvalue weighted by molar-refractivity contribution is -0.121. The number of likely N-dealkylation sites (N-methyl/N-ethyl adjacent to an activating group) is 1. The monoisotopic (exact) mass is 208 g/mol. The number of phenols is 1. The lowest BCUT2D eigenvalue weighted by Gasteiger charge is -2.10. The van der Waals surface area contributed by atoms with Gasteiger partial charge in [-0.1, -0.05) is 18.2 Å². The van der Waals surface area contributed by atoms with Gasteiger partial charge in [-0.25, -0.2) is 0 Å². The number of benzene rings is 1. The van der Waals surface area contributed by atoms with Gasteiger partial charge in [0.2, 0.25) is 5.91 Å². The SMILES string of the molecule is CN(C)CC(=O)NCc1ccccc1O. The van der Waals surface area contributed by atoms with Crippen molar-refractivity contribution in [1.82, 2.24) is 10.2 Å². The van der Waals surface area contributed by atoms with Crippen LogP contribution in [-0.2, 0) is 11.3 Å². The fraction of sp³-hybridized carbons (Fsp3) is 0.364. The van der Waals surface area contributed by atoms with Crippen molar-refractivity contribution in [3.8, 4) is 5.75 Å². The highest BCUT2D eigenvalue weighted by Gasteiger charge is 2.04. The van der Waals surface area contributed by atoms with Crippen LogP contribution in [-0.4, -0.2) is 36.6 Å². The number of hydrogen-bond donors (Lipinski definition) is 2. The lowest BCUT2D eigenvalue weighted by Crippen LogP contribution is -2.32. The van der Waals surface area contributed by atoms with Gasteiger partial charge in [0.15, 0.2) is 0 Å². The molecule has 0 atom stereocenters. The van der Waals surface area contributed by atoms with E-state index >= 15 is 0 Å². The Hall–Kier alpha value is -1.55. The van der Waals surface area contributed by atoms with Crippen LogP contribution in [0.4, 0.5) is 0 Å². The molecule has 15 heavy (non-hydrogen) atoms. The zero-order valence-corrected chi connectivity index (χ0v) is 9.03. The van der Waals surface area contributed by atoms with Gasteiger partial charge in [0, 0.05) is 12.1 Å². The number of carbonyl (C=O) groups is 1. The summed E-state index contributed by atoms with van der Waals surface area (Å²) < 4.78 is 0. The summed E-state index contributed by atoms with van der Waals surface area (Å²) >= 11 is 0. The molecule has 82 valence electrons. The van der Waals surface area contributed by atoms with Crippen LogP contribution in [0.1, 0.15) is 5.56 Å². The summed E-state index contributed by atoms with van der Waals surface area (Å²) in [6, 6.07) is 6.96. The van der Waals surface area contributed by atoms with Crippen molar-refractivity contribution in [3.63, 3.8) is 0 Å². The Kier molecular flexibility index (Phi) is 4.12. The maximum absolute atomic E-state index is 11.3. The van der Waals surface area contributed by atoms with E-state index in [0.29, 0.717) is 13.1 Å². The van der Waals surface area contributed by atoms with Crippen LogP contribution in [0, 0.1) is 0 Å². The molecule has 0 aliphatic carbocycles. The van der Waals surface area contributed by atoms with Crippen LogP contribution in [0.2, 0.25) is 0 Å². The molecule has 0 aromatic heterocycles. The molecule has 1 rings (SSSR count). The molecule has 4 nitrogen and oxygen atoms in total. The van der Waals surface area contributed by atoms with Gasteiger partial charge in [-0.3, -0.25) is 4.79 Å². The highest BCUT2D eigenvalue weighted by Crippen LogP contribution is 2.14. The minimum absolute atomic E-state index is 0.0525. The van der Waals surface area contributed by atoms with E-state index in [1.807, 2.05) is 20.2 Å². The third-order valence-corrected chi connectivity index (χ3v) is 1.93. The highest BCUT2D eigenvalue weighted by molar-refractivity contribution is 5.77. The van der Waals surface area contributed by atoms with Crippen LogP contribution in [0.3, 0.4) is 0 Å². The summed E-state index contributed by atoms with van der Waals surface area (Å²) in [6.45, 7) is 0.715. The van der Waals surface area contributed by atoms with Crippen LogP contribution < -0.4 is 5.32 Å². The molecule has 1 aromatic carbocycles. The van der Waals surface area contributed by atoms with E-state index in [1.165, 1.54) is 0 Å². The summed E-state index contributed by atoms with van der Waals surface area (Å²) in [7, 11) is 3.67. The standard InChI is InChI=1S/C11H16N2O2/c1-13(2)8-11(15)12-7-9-5-3-4-6-10(9)14/h3-6,14H,7-8H2,1-2H3,(H,12,15). The largest absolute Gasteiger partial charge is 0.508 e. The van der Waals surface area contributed by atoms with Gasteiger partial charge < -0.3 is 15.3 Å². The highest BCUT2D eigenvalue weighted by atomic mass is 16.3. The van der Waals surface area contributed by atoms with E-state index in [4.69, 9.17) is 0 Å². The number of para-hydroxylation sites is 1. The summed E-state index contributed by atoms with van der Waals surface area (Å²) in [5.74, 6) is 0.158. The molecule has 0 heterocycles. The number of amides is 1. The Morgan fingerprint density at radius 3 is 2.67 bits per heavy atom. The molecule has 0 fully saturated rings. The fourth-order valence-electron chi connectivity index (χ4n) is 1.20. The Bertz CT molecular complexity index is 337. The Morgan fingerprint density at radius 2 is 2.07 bits per heavy atom. The van der Waals surface area contributed by atoms with Gasteiger partial charge in [-0.2, -0.15) is 0 Å². The van der Waals surface area contributed by atoms with Crippen molar-refractivity contribution in [2.24, 2.45) is 0 Å². The molecule has 0 radical (unpaired) electrons. The number of phenolic OH excluding ortho intramolecular Hbond substituents is 1. The normalized spacial score (nSPS) is 10.3. The van der Waals surface area contributed by atoms with Gasteiger partial charge >= 0.3 is 0 Å². The third-order valence-electron chi connectivity index (χ3n) is 1.93. The molecule has 1 amide bonds. The lowest BCUT2D eigenvalue weighted by atomic mass is 10.2. The maximum atomic E-state index is 11.3. The van der Waals surface area contributed by atoms with Crippen molar-refractivity contribution < 1.29 is 9.90 Å². The van der Waals surface area contributed by atoms with Crippen molar-refractivity contribution in [1.29, 1.82) is 0 Å². The molecular formula is C11H16N2O2.